The Morgan fingerprint density at radius 1 is 1.13 bits per heavy atom. The highest BCUT2D eigenvalue weighted by molar-refractivity contribution is 8.00. The lowest BCUT2D eigenvalue weighted by molar-refractivity contribution is -0.161. The predicted molar refractivity (Wildman–Crippen MR) is 119 cm³/mol. The summed E-state index contributed by atoms with van der Waals surface area (Å²) in [5.74, 6) is -0.308. The van der Waals surface area contributed by atoms with Crippen molar-refractivity contribution in [3.8, 4) is 0 Å². The van der Waals surface area contributed by atoms with Gasteiger partial charge in [0.25, 0.3) is 0 Å². The summed E-state index contributed by atoms with van der Waals surface area (Å²) >= 11 is 13.4. The molecule has 0 spiro atoms. The van der Waals surface area contributed by atoms with Gasteiger partial charge in [-0.1, -0.05) is 83.9 Å². The summed E-state index contributed by atoms with van der Waals surface area (Å²) < 4.78 is 6.01. The topological polar surface area (TPSA) is 72.6 Å². The average molecular weight is 463 g/mol. The summed E-state index contributed by atoms with van der Waals surface area (Å²) in [6.07, 6.45) is 0.877. The minimum absolute atomic E-state index is 0.0424. The molecule has 2 aromatic rings. The maximum atomic E-state index is 13.5. The van der Waals surface area contributed by atoms with Gasteiger partial charge in [-0.3, -0.25) is 9.59 Å². The molecule has 0 aromatic heterocycles. The second kappa shape index (κ2) is 8.63. The molecule has 156 valence electrons. The standard InChI is InChI=1S/C22H20Cl2N2O3S/c23-16(24)11-22(12-26-19(27)17(25)20(26)30-13-22)21(28)29-18(14-7-3-1-4-8-14)15-9-5-2-6-10-15/h1-11,17-18,20H,12-13,25H2/t17?,20-,22?/m1/s1. The quantitative estimate of drug-likeness (QED) is 0.539. The number of ether oxygens (including phenoxy) is 1. The predicted octanol–water partition coefficient (Wildman–Crippen LogP) is 3.87. The first-order chi connectivity index (χ1) is 14.4. The maximum absolute atomic E-state index is 13.5. The van der Waals surface area contributed by atoms with E-state index in [0.717, 1.165) is 11.1 Å². The molecule has 2 unspecified atom stereocenters. The molecule has 1 amide bonds. The van der Waals surface area contributed by atoms with E-state index in [1.54, 1.807) is 4.90 Å². The number of hydrogen-bond acceptors (Lipinski definition) is 5. The van der Waals surface area contributed by atoms with E-state index in [1.807, 2.05) is 60.7 Å². The highest BCUT2D eigenvalue weighted by Gasteiger charge is 2.56. The molecule has 2 heterocycles. The van der Waals surface area contributed by atoms with E-state index >= 15 is 0 Å². The van der Waals surface area contributed by atoms with E-state index in [-0.39, 0.29) is 22.3 Å². The van der Waals surface area contributed by atoms with Crippen LogP contribution in [0.2, 0.25) is 0 Å². The number of hydrogen-bond donors (Lipinski definition) is 1. The SMILES string of the molecule is NC1C(=O)N2CC(C=C(Cl)Cl)(C(=O)OC(c3ccccc3)c3ccccc3)CS[C@H]12. The Balaban J connectivity index is 1.66. The molecule has 8 heteroatoms. The Kier molecular flexibility index (Phi) is 6.11. The van der Waals surface area contributed by atoms with E-state index < -0.39 is 23.5 Å². The number of amides is 1. The first-order valence-electron chi connectivity index (χ1n) is 9.44. The maximum Gasteiger partial charge on any atom is 0.319 e. The van der Waals surface area contributed by atoms with Gasteiger partial charge >= 0.3 is 5.97 Å². The van der Waals surface area contributed by atoms with Gasteiger partial charge in [-0.2, -0.15) is 0 Å². The van der Waals surface area contributed by atoms with Gasteiger partial charge in [-0.15, -0.1) is 11.8 Å². The number of halogens is 2. The van der Waals surface area contributed by atoms with Crippen molar-refractivity contribution in [2.24, 2.45) is 11.1 Å². The lowest BCUT2D eigenvalue weighted by atomic mass is 9.87. The van der Waals surface area contributed by atoms with Gasteiger partial charge in [0.2, 0.25) is 5.91 Å². The minimum atomic E-state index is -1.16. The van der Waals surface area contributed by atoms with Crippen LogP contribution in [0.1, 0.15) is 17.2 Å². The molecule has 0 bridgehead atoms. The number of fused-ring (bicyclic) bond motifs is 1. The molecule has 2 N–H and O–H groups in total. The normalized spacial score (nSPS) is 25.3. The van der Waals surface area contributed by atoms with Crippen LogP contribution >= 0.6 is 35.0 Å². The van der Waals surface area contributed by atoms with Gasteiger partial charge < -0.3 is 15.4 Å². The molecule has 4 rings (SSSR count). The van der Waals surface area contributed by atoms with Crippen molar-refractivity contribution in [3.63, 3.8) is 0 Å². The van der Waals surface area contributed by atoms with Gasteiger partial charge in [0.05, 0.1) is 0 Å². The third kappa shape index (κ3) is 3.97. The zero-order valence-corrected chi connectivity index (χ0v) is 18.2. The molecule has 2 aliphatic rings. The second-order valence-corrected chi connectivity index (χ2v) is 9.50. The van der Waals surface area contributed by atoms with Crippen molar-refractivity contribution in [3.05, 3.63) is 82.4 Å². The van der Waals surface area contributed by atoms with Crippen LogP contribution in [0.5, 0.6) is 0 Å². The highest BCUT2D eigenvalue weighted by atomic mass is 35.5. The van der Waals surface area contributed by atoms with Crippen LogP contribution in [0.4, 0.5) is 0 Å². The van der Waals surface area contributed by atoms with Crippen LogP contribution in [-0.4, -0.2) is 40.5 Å². The van der Waals surface area contributed by atoms with Crippen molar-refractivity contribution in [2.75, 3.05) is 12.3 Å². The zero-order chi connectivity index (χ0) is 21.3. The van der Waals surface area contributed by atoms with Crippen molar-refractivity contribution in [1.82, 2.24) is 4.90 Å². The number of carbonyl (C=O) groups excluding carboxylic acids is 2. The monoisotopic (exact) mass is 462 g/mol. The van der Waals surface area contributed by atoms with Crippen LogP contribution in [0.15, 0.2) is 71.2 Å². The summed E-state index contributed by atoms with van der Waals surface area (Å²) in [7, 11) is 0. The highest BCUT2D eigenvalue weighted by Crippen LogP contribution is 2.44. The second-order valence-electron chi connectivity index (χ2n) is 7.39. The van der Waals surface area contributed by atoms with Crippen molar-refractivity contribution >= 4 is 46.8 Å². The molecule has 3 atom stereocenters. The smallest absolute Gasteiger partial charge is 0.319 e. The van der Waals surface area contributed by atoms with Crippen molar-refractivity contribution < 1.29 is 14.3 Å². The molecule has 2 aromatic carbocycles. The molecular formula is C22H20Cl2N2O3S. The fraction of sp³-hybridized carbons (Fsp3) is 0.273. The van der Waals surface area contributed by atoms with Gasteiger partial charge in [-0.25, -0.2) is 0 Å². The Hall–Kier alpha value is -1.99. The van der Waals surface area contributed by atoms with Crippen LogP contribution in [0.3, 0.4) is 0 Å². The number of nitrogens with zero attached hydrogens (tertiary/aromatic N) is 1. The van der Waals surface area contributed by atoms with E-state index in [0.29, 0.717) is 5.75 Å². The van der Waals surface area contributed by atoms with E-state index in [1.165, 1.54) is 17.8 Å². The number of β-lactam (4-membered cyclic amide) rings is 1. The summed E-state index contributed by atoms with van der Waals surface area (Å²) in [4.78, 5) is 27.3. The summed E-state index contributed by atoms with van der Waals surface area (Å²) in [5.41, 5.74) is 6.41. The Morgan fingerprint density at radius 2 is 1.70 bits per heavy atom. The van der Waals surface area contributed by atoms with Crippen LogP contribution in [0, 0.1) is 5.41 Å². The molecule has 2 saturated heterocycles. The lowest BCUT2D eigenvalue weighted by Gasteiger charge is -2.52. The van der Waals surface area contributed by atoms with Crippen LogP contribution < -0.4 is 5.73 Å². The molecule has 30 heavy (non-hydrogen) atoms. The number of carbonyl (C=O) groups is 2. The number of benzene rings is 2. The zero-order valence-electron chi connectivity index (χ0n) is 15.9. The molecule has 0 radical (unpaired) electrons. The first-order valence-corrected chi connectivity index (χ1v) is 11.2. The Labute approximate surface area is 189 Å². The number of esters is 1. The third-order valence-corrected chi connectivity index (χ3v) is 7.16. The van der Waals surface area contributed by atoms with Crippen molar-refractivity contribution in [1.29, 1.82) is 0 Å². The molecule has 0 aliphatic carbocycles. The molecule has 5 nitrogen and oxygen atoms in total. The Morgan fingerprint density at radius 3 is 2.23 bits per heavy atom. The fourth-order valence-corrected chi connectivity index (χ4v) is 5.64. The van der Waals surface area contributed by atoms with Crippen LogP contribution in [-0.2, 0) is 14.3 Å². The molecule has 2 aliphatic heterocycles. The van der Waals surface area contributed by atoms with E-state index in [4.69, 9.17) is 33.7 Å². The third-order valence-electron chi connectivity index (χ3n) is 5.37. The minimum Gasteiger partial charge on any atom is -0.452 e. The lowest BCUT2D eigenvalue weighted by Crippen LogP contribution is -2.72. The molecule has 2 fully saturated rings. The van der Waals surface area contributed by atoms with Crippen LogP contribution in [0.25, 0.3) is 0 Å². The van der Waals surface area contributed by atoms with Gasteiger partial charge in [0.15, 0.2) is 6.10 Å². The molecular weight excluding hydrogens is 443 g/mol. The van der Waals surface area contributed by atoms with E-state index in [2.05, 4.69) is 0 Å². The van der Waals surface area contributed by atoms with Gasteiger partial charge in [-0.05, 0) is 17.2 Å². The first kappa shape index (κ1) is 21.2. The largest absolute Gasteiger partial charge is 0.452 e. The van der Waals surface area contributed by atoms with Gasteiger partial charge in [0.1, 0.15) is 21.3 Å². The van der Waals surface area contributed by atoms with Gasteiger partial charge in [0, 0.05) is 12.3 Å². The summed E-state index contributed by atoms with van der Waals surface area (Å²) in [6, 6.07) is 18.5. The number of thioether (sulfide) groups is 1. The Bertz CT molecular complexity index is 929. The number of nitrogens with two attached hydrogens (primary N) is 1. The fourth-order valence-electron chi connectivity index (χ4n) is 3.78. The van der Waals surface area contributed by atoms with E-state index in [9.17, 15) is 9.59 Å². The summed E-state index contributed by atoms with van der Waals surface area (Å²) in [6.45, 7) is 0.134. The molecule has 0 saturated carbocycles. The van der Waals surface area contributed by atoms with Crippen molar-refractivity contribution in [2.45, 2.75) is 17.5 Å². The summed E-state index contributed by atoms with van der Waals surface area (Å²) in [5, 5.41) is -0.139. The average Bonchev–Trinajstić information content (AvgIpc) is 2.77. The number of rotatable bonds is 5.